The van der Waals surface area contributed by atoms with Crippen molar-refractivity contribution in [2.75, 3.05) is 19.7 Å². The molecule has 0 aromatic carbocycles. The summed E-state index contributed by atoms with van der Waals surface area (Å²) in [5.41, 5.74) is -1.81. The number of nitrogens with zero attached hydrogens (tertiary/aromatic N) is 2. The fourth-order valence-electron chi connectivity index (χ4n) is 1.37. The number of alkyl halides is 3. The SMILES string of the molecule is CCCNCCOc1cc(C(F)(F)F)ncc1[N+](=O)[O-]. The van der Waals surface area contributed by atoms with Crippen LogP contribution in [0, 0.1) is 10.1 Å². The smallest absolute Gasteiger partial charge is 0.433 e. The van der Waals surface area contributed by atoms with E-state index in [1.54, 1.807) is 0 Å². The third-order valence-electron chi connectivity index (χ3n) is 2.30. The Hall–Kier alpha value is -1.90. The molecule has 0 spiro atoms. The minimum atomic E-state index is -4.67. The molecular formula is C11H14F3N3O3. The van der Waals surface area contributed by atoms with Crippen LogP contribution >= 0.6 is 0 Å². The fraction of sp³-hybridized carbons (Fsp3) is 0.545. The lowest BCUT2D eigenvalue weighted by Crippen LogP contribution is -2.22. The minimum Gasteiger partial charge on any atom is -0.485 e. The highest BCUT2D eigenvalue weighted by molar-refractivity contribution is 5.45. The van der Waals surface area contributed by atoms with Crippen molar-refractivity contribution in [3.8, 4) is 5.75 Å². The van der Waals surface area contributed by atoms with Crippen LogP contribution in [0.3, 0.4) is 0 Å². The molecule has 0 amide bonds. The molecule has 1 heterocycles. The molecule has 0 unspecified atom stereocenters. The predicted molar refractivity (Wildman–Crippen MR) is 64.5 cm³/mol. The molecule has 0 saturated heterocycles. The first-order chi connectivity index (χ1) is 9.36. The molecule has 0 atom stereocenters. The van der Waals surface area contributed by atoms with Crippen molar-refractivity contribution in [2.24, 2.45) is 0 Å². The van der Waals surface area contributed by atoms with Gasteiger partial charge in [-0.1, -0.05) is 6.92 Å². The Morgan fingerprint density at radius 2 is 2.15 bits per heavy atom. The van der Waals surface area contributed by atoms with Crippen LogP contribution in [0.1, 0.15) is 19.0 Å². The lowest BCUT2D eigenvalue weighted by atomic mass is 10.3. The Morgan fingerprint density at radius 1 is 1.45 bits per heavy atom. The van der Waals surface area contributed by atoms with Crippen LogP contribution in [-0.2, 0) is 6.18 Å². The van der Waals surface area contributed by atoms with E-state index in [2.05, 4.69) is 10.3 Å². The minimum absolute atomic E-state index is 0.0299. The van der Waals surface area contributed by atoms with Gasteiger partial charge in [-0.3, -0.25) is 10.1 Å². The number of nitrogens with one attached hydrogen (secondary N) is 1. The highest BCUT2D eigenvalue weighted by Gasteiger charge is 2.34. The van der Waals surface area contributed by atoms with Gasteiger partial charge in [-0.05, 0) is 13.0 Å². The molecule has 1 aromatic heterocycles. The van der Waals surface area contributed by atoms with Crippen LogP contribution < -0.4 is 10.1 Å². The zero-order chi connectivity index (χ0) is 15.2. The first-order valence-corrected chi connectivity index (χ1v) is 5.91. The summed E-state index contributed by atoms with van der Waals surface area (Å²) in [7, 11) is 0. The Labute approximate surface area is 113 Å². The van der Waals surface area contributed by atoms with Crippen molar-refractivity contribution in [2.45, 2.75) is 19.5 Å². The molecule has 1 N–H and O–H groups in total. The van der Waals surface area contributed by atoms with E-state index in [-0.39, 0.29) is 6.61 Å². The van der Waals surface area contributed by atoms with Gasteiger partial charge in [0.15, 0.2) is 0 Å². The van der Waals surface area contributed by atoms with Gasteiger partial charge in [-0.2, -0.15) is 13.2 Å². The van der Waals surface area contributed by atoms with E-state index in [0.29, 0.717) is 18.8 Å². The number of aromatic nitrogens is 1. The summed E-state index contributed by atoms with van der Waals surface area (Å²) in [5.74, 6) is -0.435. The molecular weight excluding hydrogens is 279 g/mol. The van der Waals surface area contributed by atoms with Crippen molar-refractivity contribution >= 4 is 5.69 Å². The molecule has 0 saturated carbocycles. The summed E-state index contributed by atoms with van der Waals surface area (Å²) in [6.07, 6.45) is -3.22. The van der Waals surface area contributed by atoms with E-state index >= 15 is 0 Å². The van der Waals surface area contributed by atoms with Crippen LogP contribution in [0.2, 0.25) is 0 Å². The molecule has 0 bridgehead atoms. The van der Waals surface area contributed by atoms with Crippen molar-refractivity contribution in [1.29, 1.82) is 0 Å². The largest absolute Gasteiger partial charge is 0.485 e. The first kappa shape index (κ1) is 16.2. The normalized spacial score (nSPS) is 11.4. The summed E-state index contributed by atoms with van der Waals surface area (Å²) in [6.45, 7) is 3.10. The Bertz CT molecular complexity index is 466. The van der Waals surface area contributed by atoms with Gasteiger partial charge in [0.2, 0.25) is 5.75 Å². The van der Waals surface area contributed by atoms with E-state index < -0.39 is 28.2 Å². The van der Waals surface area contributed by atoms with Crippen LogP contribution in [0.5, 0.6) is 5.75 Å². The van der Waals surface area contributed by atoms with Crippen molar-refractivity contribution in [3.63, 3.8) is 0 Å². The number of nitro groups is 1. The molecule has 20 heavy (non-hydrogen) atoms. The van der Waals surface area contributed by atoms with Crippen LogP contribution in [-0.4, -0.2) is 29.6 Å². The van der Waals surface area contributed by atoms with E-state index in [1.165, 1.54) is 0 Å². The van der Waals surface area contributed by atoms with Crippen molar-refractivity contribution < 1.29 is 22.8 Å². The molecule has 112 valence electrons. The molecule has 1 aromatic rings. The lowest BCUT2D eigenvalue weighted by Gasteiger charge is -2.10. The van der Waals surface area contributed by atoms with Gasteiger partial charge in [0.1, 0.15) is 18.5 Å². The highest BCUT2D eigenvalue weighted by Crippen LogP contribution is 2.34. The van der Waals surface area contributed by atoms with Crippen LogP contribution in [0.15, 0.2) is 12.3 Å². The molecule has 0 aliphatic rings. The molecule has 0 aliphatic carbocycles. The highest BCUT2D eigenvalue weighted by atomic mass is 19.4. The molecule has 9 heteroatoms. The van der Waals surface area contributed by atoms with Gasteiger partial charge < -0.3 is 10.1 Å². The van der Waals surface area contributed by atoms with E-state index in [1.807, 2.05) is 6.92 Å². The summed E-state index contributed by atoms with van der Waals surface area (Å²) in [4.78, 5) is 12.9. The Kier molecular flexibility index (Phi) is 5.68. The third-order valence-corrected chi connectivity index (χ3v) is 2.30. The van der Waals surface area contributed by atoms with Crippen molar-refractivity contribution in [3.05, 3.63) is 28.1 Å². The maximum absolute atomic E-state index is 12.5. The number of hydrogen-bond acceptors (Lipinski definition) is 5. The van der Waals surface area contributed by atoms with Gasteiger partial charge >= 0.3 is 11.9 Å². The summed E-state index contributed by atoms with van der Waals surface area (Å²) in [5, 5.41) is 13.7. The summed E-state index contributed by atoms with van der Waals surface area (Å²) >= 11 is 0. The van der Waals surface area contributed by atoms with Gasteiger partial charge in [-0.25, -0.2) is 4.98 Å². The Balaban J connectivity index is 2.81. The molecule has 0 aliphatic heterocycles. The van der Waals surface area contributed by atoms with E-state index in [9.17, 15) is 23.3 Å². The maximum atomic E-state index is 12.5. The molecule has 1 rings (SSSR count). The topological polar surface area (TPSA) is 77.3 Å². The second kappa shape index (κ2) is 7.04. The van der Waals surface area contributed by atoms with Gasteiger partial charge in [0.25, 0.3) is 0 Å². The fourth-order valence-corrected chi connectivity index (χ4v) is 1.37. The van der Waals surface area contributed by atoms with Gasteiger partial charge in [0.05, 0.1) is 4.92 Å². The van der Waals surface area contributed by atoms with E-state index in [4.69, 9.17) is 4.74 Å². The maximum Gasteiger partial charge on any atom is 0.433 e. The monoisotopic (exact) mass is 293 g/mol. The predicted octanol–water partition coefficient (Wildman–Crippen LogP) is 2.39. The lowest BCUT2D eigenvalue weighted by molar-refractivity contribution is -0.386. The van der Waals surface area contributed by atoms with Crippen LogP contribution in [0.4, 0.5) is 18.9 Å². The Morgan fingerprint density at radius 3 is 2.70 bits per heavy atom. The number of rotatable bonds is 7. The average molecular weight is 293 g/mol. The number of halogens is 3. The summed E-state index contributed by atoms with van der Waals surface area (Å²) in [6, 6.07) is 0.540. The average Bonchev–Trinajstić information content (AvgIpc) is 2.37. The zero-order valence-corrected chi connectivity index (χ0v) is 10.7. The number of pyridine rings is 1. The number of ether oxygens (including phenoxy) is 1. The summed E-state index contributed by atoms with van der Waals surface area (Å²) < 4.78 is 42.5. The van der Waals surface area contributed by atoms with Crippen LogP contribution in [0.25, 0.3) is 0 Å². The van der Waals surface area contributed by atoms with E-state index in [0.717, 1.165) is 13.0 Å². The first-order valence-electron chi connectivity index (χ1n) is 5.91. The second-order valence-electron chi connectivity index (χ2n) is 3.89. The van der Waals surface area contributed by atoms with Crippen molar-refractivity contribution in [1.82, 2.24) is 10.3 Å². The number of hydrogen-bond donors (Lipinski definition) is 1. The third kappa shape index (κ3) is 4.65. The van der Waals surface area contributed by atoms with Gasteiger partial charge in [-0.15, -0.1) is 0 Å². The molecule has 6 nitrogen and oxygen atoms in total. The van der Waals surface area contributed by atoms with Gasteiger partial charge in [0, 0.05) is 12.6 Å². The molecule has 0 radical (unpaired) electrons. The molecule has 0 fully saturated rings. The zero-order valence-electron chi connectivity index (χ0n) is 10.7. The quantitative estimate of drug-likeness (QED) is 0.474. The second-order valence-corrected chi connectivity index (χ2v) is 3.89. The standard InChI is InChI=1S/C11H14F3N3O3/c1-2-3-15-4-5-20-9-6-10(11(12,13)14)16-7-8(9)17(18)19/h6-7,15H,2-5H2,1H3.